The second-order valence-electron chi connectivity index (χ2n) is 6.08. The van der Waals surface area contributed by atoms with Crippen molar-refractivity contribution in [1.29, 1.82) is 0 Å². The first-order valence-electron chi connectivity index (χ1n) is 7.27. The predicted molar refractivity (Wildman–Crippen MR) is 76.6 cm³/mol. The van der Waals surface area contributed by atoms with Crippen LogP contribution < -0.4 is 0 Å². The first-order chi connectivity index (χ1) is 8.59. The maximum absolute atomic E-state index is 5.44. The number of nitrogens with zero attached hydrogens (tertiary/aromatic N) is 1. The molecule has 2 atom stereocenters. The molecular formula is C16H27NO. The van der Waals surface area contributed by atoms with Gasteiger partial charge in [0.15, 0.2) is 0 Å². The lowest BCUT2D eigenvalue weighted by molar-refractivity contribution is 0.0403. The highest BCUT2D eigenvalue weighted by atomic mass is 16.5. The van der Waals surface area contributed by atoms with Crippen molar-refractivity contribution in [2.24, 2.45) is 17.8 Å². The molecule has 1 saturated heterocycles. The molecule has 2 nitrogen and oxygen atoms in total. The van der Waals surface area contributed by atoms with Gasteiger partial charge in [-0.05, 0) is 30.3 Å². The van der Waals surface area contributed by atoms with Gasteiger partial charge in [-0.1, -0.05) is 38.5 Å². The molecule has 2 rings (SSSR count). The maximum atomic E-state index is 5.44. The Morgan fingerprint density at radius 3 is 2.61 bits per heavy atom. The summed E-state index contributed by atoms with van der Waals surface area (Å²) in [6.07, 6.45) is 4.70. The average Bonchev–Trinajstić information content (AvgIpc) is 2.35. The number of allylic oxidation sites excluding steroid dienone is 3. The standard InChI is InChI=1S/C16H27NO/c1-12(2)16-14(4)6-5-13(3)15(16)11-17-7-9-18-10-8-17/h5-6,12,14,16H,7-11H2,1-4H3. The lowest BCUT2D eigenvalue weighted by Crippen LogP contribution is -2.40. The van der Waals surface area contributed by atoms with Gasteiger partial charge in [0.1, 0.15) is 0 Å². The number of ether oxygens (including phenoxy) is 1. The normalized spacial score (nSPS) is 30.3. The Kier molecular flexibility index (Phi) is 4.63. The monoisotopic (exact) mass is 249 g/mol. The SMILES string of the molecule is CC1=C(CN2CCOCC2)C(C(C)C)C(C)C=C1. The zero-order valence-electron chi connectivity index (χ0n) is 12.3. The minimum Gasteiger partial charge on any atom is -0.379 e. The maximum Gasteiger partial charge on any atom is 0.0594 e. The van der Waals surface area contributed by atoms with Crippen LogP contribution in [0.15, 0.2) is 23.3 Å². The summed E-state index contributed by atoms with van der Waals surface area (Å²) in [5.74, 6) is 2.10. The molecule has 1 heterocycles. The second-order valence-corrected chi connectivity index (χ2v) is 6.08. The van der Waals surface area contributed by atoms with E-state index in [4.69, 9.17) is 4.74 Å². The highest BCUT2D eigenvalue weighted by molar-refractivity contribution is 5.32. The van der Waals surface area contributed by atoms with Gasteiger partial charge in [0, 0.05) is 19.6 Å². The highest BCUT2D eigenvalue weighted by Gasteiger charge is 2.28. The van der Waals surface area contributed by atoms with Crippen LogP contribution in [0, 0.1) is 17.8 Å². The summed E-state index contributed by atoms with van der Waals surface area (Å²) in [5, 5.41) is 0. The van der Waals surface area contributed by atoms with Gasteiger partial charge in [-0.15, -0.1) is 0 Å². The summed E-state index contributed by atoms with van der Waals surface area (Å²) in [7, 11) is 0. The zero-order valence-corrected chi connectivity index (χ0v) is 12.3. The summed E-state index contributed by atoms with van der Waals surface area (Å²) in [6, 6.07) is 0. The summed E-state index contributed by atoms with van der Waals surface area (Å²) in [4.78, 5) is 2.55. The second kappa shape index (κ2) is 6.03. The van der Waals surface area contributed by atoms with Crippen LogP contribution in [0.2, 0.25) is 0 Å². The minimum absolute atomic E-state index is 0.671. The molecule has 0 radical (unpaired) electrons. The largest absolute Gasteiger partial charge is 0.379 e. The molecule has 102 valence electrons. The van der Waals surface area contributed by atoms with E-state index in [1.54, 1.807) is 5.57 Å². The fraction of sp³-hybridized carbons (Fsp3) is 0.750. The van der Waals surface area contributed by atoms with Gasteiger partial charge in [0.25, 0.3) is 0 Å². The third kappa shape index (κ3) is 3.04. The highest BCUT2D eigenvalue weighted by Crippen LogP contribution is 2.35. The first-order valence-corrected chi connectivity index (χ1v) is 7.27. The third-order valence-electron chi connectivity index (χ3n) is 4.34. The quantitative estimate of drug-likeness (QED) is 0.762. The molecule has 2 heteroatoms. The summed E-state index contributed by atoms with van der Waals surface area (Å²) in [5.41, 5.74) is 3.14. The van der Waals surface area contributed by atoms with Crippen LogP contribution in [0.25, 0.3) is 0 Å². The van der Waals surface area contributed by atoms with Crippen molar-refractivity contribution in [3.8, 4) is 0 Å². The molecule has 1 aliphatic carbocycles. The van der Waals surface area contributed by atoms with Crippen LogP contribution in [0.3, 0.4) is 0 Å². The molecule has 2 unspecified atom stereocenters. The van der Waals surface area contributed by atoms with Crippen LogP contribution in [-0.2, 0) is 4.74 Å². The van der Waals surface area contributed by atoms with Crippen molar-refractivity contribution in [2.45, 2.75) is 27.7 Å². The molecule has 0 saturated carbocycles. The molecule has 0 N–H and O–H groups in total. The van der Waals surface area contributed by atoms with Crippen LogP contribution >= 0.6 is 0 Å². The van der Waals surface area contributed by atoms with E-state index in [9.17, 15) is 0 Å². The van der Waals surface area contributed by atoms with Crippen molar-refractivity contribution in [1.82, 2.24) is 4.90 Å². The van der Waals surface area contributed by atoms with E-state index in [2.05, 4.69) is 44.7 Å². The molecule has 0 bridgehead atoms. The van der Waals surface area contributed by atoms with E-state index in [0.29, 0.717) is 11.8 Å². The van der Waals surface area contributed by atoms with Gasteiger partial charge in [0.2, 0.25) is 0 Å². The number of hydrogen-bond acceptors (Lipinski definition) is 2. The Bertz CT molecular complexity index is 337. The van der Waals surface area contributed by atoms with E-state index in [1.807, 2.05) is 0 Å². The zero-order chi connectivity index (χ0) is 13.1. The van der Waals surface area contributed by atoms with Gasteiger partial charge in [-0.3, -0.25) is 4.90 Å². The van der Waals surface area contributed by atoms with E-state index in [1.165, 1.54) is 5.57 Å². The Morgan fingerprint density at radius 1 is 1.33 bits per heavy atom. The Hall–Kier alpha value is -0.600. The summed E-state index contributed by atoms with van der Waals surface area (Å²) < 4.78 is 5.44. The molecule has 18 heavy (non-hydrogen) atoms. The van der Waals surface area contributed by atoms with Gasteiger partial charge in [0.05, 0.1) is 13.2 Å². The molecule has 1 aliphatic heterocycles. The van der Waals surface area contributed by atoms with Crippen LogP contribution in [0.4, 0.5) is 0 Å². The van der Waals surface area contributed by atoms with Gasteiger partial charge >= 0.3 is 0 Å². The summed E-state index contributed by atoms with van der Waals surface area (Å²) >= 11 is 0. The van der Waals surface area contributed by atoms with Crippen molar-refractivity contribution >= 4 is 0 Å². The molecular weight excluding hydrogens is 222 g/mol. The fourth-order valence-electron chi connectivity index (χ4n) is 3.34. The lowest BCUT2D eigenvalue weighted by Gasteiger charge is -2.36. The minimum atomic E-state index is 0.671. The third-order valence-corrected chi connectivity index (χ3v) is 4.34. The number of hydrogen-bond donors (Lipinski definition) is 0. The van der Waals surface area contributed by atoms with Crippen molar-refractivity contribution in [2.75, 3.05) is 32.8 Å². The lowest BCUT2D eigenvalue weighted by atomic mass is 9.74. The summed E-state index contributed by atoms with van der Waals surface area (Å²) in [6.45, 7) is 14.4. The molecule has 0 amide bonds. The predicted octanol–water partition coefficient (Wildman–Crippen LogP) is 3.11. The Morgan fingerprint density at radius 2 is 2.00 bits per heavy atom. The van der Waals surface area contributed by atoms with Crippen molar-refractivity contribution in [3.05, 3.63) is 23.3 Å². The molecule has 2 aliphatic rings. The van der Waals surface area contributed by atoms with Gasteiger partial charge in [-0.2, -0.15) is 0 Å². The first kappa shape index (κ1) is 13.8. The molecule has 0 aromatic rings. The number of rotatable bonds is 3. The Balaban J connectivity index is 2.12. The Labute approximate surface area is 112 Å². The smallest absolute Gasteiger partial charge is 0.0594 e. The fourth-order valence-corrected chi connectivity index (χ4v) is 3.34. The molecule has 0 spiro atoms. The van der Waals surface area contributed by atoms with Crippen molar-refractivity contribution in [3.63, 3.8) is 0 Å². The van der Waals surface area contributed by atoms with E-state index in [0.717, 1.165) is 38.8 Å². The van der Waals surface area contributed by atoms with E-state index < -0.39 is 0 Å². The molecule has 1 fully saturated rings. The van der Waals surface area contributed by atoms with Crippen LogP contribution in [-0.4, -0.2) is 37.7 Å². The van der Waals surface area contributed by atoms with Gasteiger partial charge in [-0.25, -0.2) is 0 Å². The molecule has 0 aromatic carbocycles. The average molecular weight is 249 g/mol. The topological polar surface area (TPSA) is 12.5 Å². The van der Waals surface area contributed by atoms with Gasteiger partial charge < -0.3 is 4.74 Å². The molecule has 0 aromatic heterocycles. The van der Waals surface area contributed by atoms with E-state index in [-0.39, 0.29) is 0 Å². The number of morpholine rings is 1. The van der Waals surface area contributed by atoms with Crippen LogP contribution in [0.1, 0.15) is 27.7 Å². The van der Waals surface area contributed by atoms with Crippen LogP contribution in [0.5, 0.6) is 0 Å². The van der Waals surface area contributed by atoms with E-state index >= 15 is 0 Å². The van der Waals surface area contributed by atoms with Crippen molar-refractivity contribution < 1.29 is 4.74 Å².